The number of aliphatic hydroxyl groups is 1. The number of hydrogen-bond acceptors (Lipinski definition) is 9. The summed E-state index contributed by atoms with van der Waals surface area (Å²) >= 11 is 0. The molecule has 5 atom stereocenters. The molecule has 2 saturated carbocycles. The molecule has 13 heteroatoms. The predicted molar refractivity (Wildman–Crippen MR) is 135 cm³/mol. The number of phenolic OH excluding ortho intramolecular Hbond substituents is 1. The van der Waals surface area contributed by atoms with E-state index in [-0.39, 0.29) is 29.5 Å². The van der Waals surface area contributed by atoms with Crippen molar-refractivity contribution in [2.45, 2.75) is 31.2 Å². The first kappa shape index (κ1) is 28.3. The Morgan fingerprint density at radius 3 is 2.27 bits per heavy atom. The third-order valence-electron chi connectivity index (χ3n) is 8.26. The van der Waals surface area contributed by atoms with Gasteiger partial charge in [-0.2, -0.15) is 0 Å². The van der Waals surface area contributed by atoms with E-state index >= 15 is 0 Å². The van der Waals surface area contributed by atoms with Crippen LogP contribution in [0.1, 0.15) is 28.8 Å². The van der Waals surface area contributed by atoms with E-state index < -0.39 is 82.6 Å². The molecule has 0 aliphatic heterocycles. The molecule has 3 aliphatic rings. The van der Waals surface area contributed by atoms with Crippen LogP contribution in [-0.2, 0) is 25.6 Å². The largest absolute Gasteiger partial charge is 0.573 e. The maximum atomic E-state index is 13.9. The molecule has 0 aromatic heterocycles. The van der Waals surface area contributed by atoms with Gasteiger partial charge in [0.2, 0.25) is 5.91 Å². The van der Waals surface area contributed by atoms with Crippen molar-refractivity contribution in [1.82, 2.24) is 0 Å². The van der Waals surface area contributed by atoms with Gasteiger partial charge in [-0.3, -0.25) is 24.0 Å². The standard InChI is InChI=1S/C28H25F3N2O8/c1-33(2)17-10-15(11-3-5-14(6-4-11)41-28(29,30)31)22(35)20-16(17)8-12-7-13-9-18(34)21(26(32)39)25(38)27(13,40)24(37)19(12)23(20)36/h3-6,10,12-13,19,21,35,40H,7-9H2,1-2H3,(H2,32,39)/t12-,13+,19?,21?,27+/m1/s1. The number of amides is 1. The number of nitrogens with two attached hydrogens (primary N) is 1. The zero-order valence-corrected chi connectivity index (χ0v) is 21.8. The topological polar surface area (TPSA) is 164 Å². The highest BCUT2D eigenvalue weighted by atomic mass is 19.4. The van der Waals surface area contributed by atoms with Gasteiger partial charge in [-0.15, -0.1) is 13.2 Å². The first-order chi connectivity index (χ1) is 19.1. The molecule has 0 spiro atoms. The molecule has 1 amide bonds. The van der Waals surface area contributed by atoms with Crippen LogP contribution < -0.4 is 15.4 Å². The number of halogens is 3. The number of ether oxygens (including phenoxy) is 1. The maximum Gasteiger partial charge on any atom is 0.573 e. The molecule has 2 unspecified atom stereocenters. The first-order valence-corrected chi connectivity index (χ1v) is 12.7. The maximum absolute atomic E-state index is 13.9. The summed E-state index contributed by atoms with van der Waals surface area (Å²) in [7, 11) is 3.36. The van der Waals surface area contributed by atoms with E-state index in [1.807, 2.05) is 0 Å². The summed E-state index contributed by atoms with van der Waals surface area (Å²) in [6.45, 7) is 0. The molecular formula is C28H25F3N2O8. The van der Waals surface area contributed by atoms with Crippen LogP contribution in [0, 0.1) is 23.7 Å². The van der Waals surface area contributed by atoms with Crippen molar-refractivity contribution in [3.8, 4) is 22.6 Å². The van der Waals surface area contributed by atoms with Crippen molar-refractivity contribution in [3.05, 3.63) is 41.5 Å². The summed E-state index contributed by atoms with van der Waals surface area (Å²) in [6, 6.07) is 6.17. The van der Waals surface area contributed by atoms with Crippen LogP contribution in [0.4, 0.5) is 18.9 Å². The van der Waals surface area contributed by atoms with Gasteiger partial charge in [0.15, 0.2) is 34.7 Å². The number of hydrogen-bond donors (Lipinski definition) is 3. The summed E-state index contributed by atoms with van der Waals surface area (Å²) in [4.78, 5) is 66.7. The van der Waals surface area contributed by atoms with Crippen molar-refractivity contribution >= 4 is 34.7 Å². The molecular weight excluding hydrogens is 549 g/mol. The van der Waals surface area contributed by atoms with Crippen molar-refractivity contribution in [3.63, 3.8) is 0 Å². The minimum absolute atomic E-state index is 0.0445. The van der Waals surface area contributed by atoms with Gasteiger partial charge in [-0.1, -0.05) is 12.1 Å². The van der Waals surface area contributed by atoms with E-state index in [4.69, 9.17) is 5.73 Å². The molecule has 2 fully saturated rings. The van der Waals surface area contributed by atoms with Crippen LogP contribution in [0.5, 0.6) is 11.5 Å². The van der Waals surface area contributed by atoms with Gasteiger partial charge in [0.05, 0.1) is 11.5 Å². The number of fused-ring (bicyclic) bond motifs is 3. The molecule has 41 heavy (non-hydrogen) atoms. The summed E-state index contributed by atoms with van der Waals surface area (Å²) in [5.41, 5.74) is 3.45. The molecule has 2 aromatic carbocycles. The zero-order valence-electron chi connectivity index (χ0n) is 21.8. The summed E-state index contributed by atoms with van der Waals surface area (Å²) in [5.74, 6) is -11.9. The summed E-state index contributed by atoms with van der Waals surface area (Å²) in [5, 5.41) is 22.6. The van der Waals surface area contributed by atoms with Crippen LogP contribution in [0.25, 0.3) is 11.1 Å². The Labute approximate surface area is 230 Å². The highest BCUT2D eigenvalue weighted by Gasteiger charge is 2.66. The smallest absolute Gasteiger partial charge is 0.507 e. The summed E-state index contributed by atoms with van der Waals surface area (Å²) in [6.07, 6.45) is -5.30. The first-order valence-electron chi connectivity index (χ1n) is 12.7. The van der Waals surface area contributed by atoms with Crippen LogP contribution in [0.15, 0.2) is 30.3 Å². The molecule has 216 valence electrons. The summed E-state index contributed by atoms with van der Waals surface area (Å²) < 4.78 is 41.7. The number of phenols is 1. The van der Waals surface area contributed by atoms with Crippen LogP contribution in [0.3, 0.4) is 0 Å². The Balaban J connectivity index is 1.60. The zero-order chi connectivity index (χ0) is 30.2. The van der Waals surface area contributed by atoms with E-state index in [1.54, 1.807) is 25.1 Å². The van der Waals surface area contributed by atoms with Crippen LogP contribution >= 0.6 is 0 Å². The Hall–Kier alpha value is -4.26. The number of alkyl halides is 3. The van der Waals surface area contributed by atoms with Crippen molar-refractivity contribution < 1.29 is 52.1 Å². The highest BCUT2D eigenvalue weighted by Crippen LogP contribution is 2.52. The Bertz CT molecular complexity index is 1520. The number of anilines is 1. The van der Waals surface area contributed by atoms with Crippen molar-refractivity contribution in [2.75, 3.05) is 19.0 Å². The molecule has 10 nitrogen and oxygen atoms in total. The normalized spacial score (nSPS) is 27.6. The quantitative estimate of drug-likeness (QED) is 0.463. The Morgan fingerprint density at radius 1 is 1.07 bits per heavy atom. The fraction of sp³-hybridized carbons (Fsp3) is 0.393. The third-order valence-corrected chi connectivity index (χ3v) is 8.26. The lowest BCUT2D eigenvalue weighted by Gasteiger charge is -2.48. The number of rotatable bonds is 4. The van der Waals surface area contributed by atoms with Gasteiger partial charge >= 0.3 is 6.36 Å². The van der Waals surface area contributed by atoms with E-state index in [1.165, 1.54) is 12.1 Å². The van der Waals surface area contributed by atoms with E-state index in [0.29, 0.717) is 11.3 Å². The van der Waals surface area contributed by atoms with Crippen molar-refractivity contribution in [2.24, 2.45) is 29.4 Å². The number of ketones is 4. The molecule has 0 bridgehead atoms. The predicted octanol–water partition coefficient (Wildman–Crippen LogP) is 1.96. The number of carbonyl (C=O) groups is 5. The second-order valence-corrected chi connectivity index (χ2v) is 10.9. The second-order valence-electron chi connectivity index (χ2n) is 10.9. The number of primary amides is 1. The van der Waals surface area contributed by atoms with Gasteiger partial charge < -0.3 is 25.6 Å². The fourth-order valence-electron chi connectivity index (χ4n) is 6.47. The highest BCUT2D eigenvalue weighted by molar-refractivity contribution is 6.31. The van der Waals surface area contributed by atoms with Crippen molar-refractivity contribution in [1.29, 1.82) is 0 Å². The number of carbonyl (C=O) groups excluding carboxylic acids is 5. The van der Waals surface area contributed by atoms with Crippen LogP contribution in [-0.4, -0.2) is 65.3 Å². The van der Waals surface area contributed by atoms with E-state index in [9.17, 15) is 47.4 Å². The second kappa shape index (κ2) is 9.40. The molecule has 0 heterocycles. The van der Waals surface area contributed by atoms with Crippen LogP contribution in [0.2, 0.25) is 0 Å². The molecule has 3 aliphatic carbocycles. The molecule has 0 saturated heterocycles. The van der Waals surface area contributed by atoms with Gasteiger partial charge in [0, 0.05) is 37.7 Å². The molecule has 4 N–H and O–H groups in total. The lowest BCUT2D eigenvalue weighted by Crippen LogP contribution is -2.68. The molecule has 2 aromatic rings. The van der Waals surface area contributed by atoms with Gasteiger partial charge in [0.25, 0.3) is 0 Å². The third kappa shape index (κ3) is 4.35. The number of aromatic hydroxyl groups is 1. The van der Waals surface area contributed by atoms with Gasteiger partial charge in [-0.05, 0) is 48.1 Å². The lowest BCUT2D eigenvalue weighted by atomic mass is 9.53. The monoisotopic (exact) mass is 574 g/mol. The van der Waals surface area contributed by atoms with E-state index in [0.717, 1.165) is 12.1 Å². The van der Waals surface area contributed by atoms with E-state index in [2.05, 4.69) is 4.74 Å². The van der Waals surface area contributed by atoms with Gasteiger partial charge in [-0.25, -0.2) is 0 Å². The lowest BCUT2D eigenvalue weighted by molar-refractivity contribution is -0.274. The number of benzene rings is 2. The minimum atomic E-state index is -4.91. The fourth-order valence-corrected chi connectivity index (χ4v) is 6.47. The average Bonchev–Trinajstić information content (AvgIpc) is 2.85. The number of nitrogens with zero attached hydrogens (tertiary/aromatic N) is 1. The number of Topliss-reactive ketones (excluding diaryl/α,β-unsaturated/α-hetero) is 4. The minimum Gasteiger partial charge on any atom is -0.507 e. The average molecular weight is 575 g/mol. The molecule has 0 radical (unpaired) electrons. The molecule has 5 rings (SSSR count). The SMILES string of the molecule is CN(C)c1cc(-c2ccc(OC(F)(F)F)cc2)c(O)c2c1C[C@H]1C[C@H]3CC(=O)C(C(N)=O)C(=O)[C@@]3(O)C(=O)C1C2=O. The van der Waals surface area contributed by atoms with Gasteiger partial charge in [0.1, 0.15) is 11.5 Å². The Morgan fingerprint density at radius 2 is 1.71 bits per heavy atom. The Kier molecular flexibility index (Phi) is 6.48.